The lowest BCUT2D eigenvalue weighted by Gasteiger charge is -2.47. The maximum Gasteiger partial charge on any atom is 0.252 e. The van der Waals surface area contributed by atoms with Crippen LogP contribution in [0.2, 0.25) is 10.0 Å². The highest BCUT2D eigenvalue weighted by Gasteiger charge is 2.32. The monoisotopic (exact) mass is 509 g/mol. The van der Waals surface area contributed by atoms with Crippen molar-refractivity contribution in [1.82, 2.24) is 20.1 Å². The Hall–Kier alpha value is -1.93. The van der Waals surface area contributed by atoms with Gasteiger partial charge in [-0.25, -0.2) is 9.37 Å². The number of piperidine rings is 1. The number of pyridine rings is 1. The quantitative estimate of drug-likeness (QED) is 0.611. The van der Waals surface area contributed by atoms with Gasteiger partial charge in [0.25, 0.3) is 5.91 Å². The molecule has 2 saturated heterocycles. The number of carbonyl (C=O) groups excluding carboxylic acids is 1. The molecule has 2 aliphatic rings. The molecular formula is C25H34Cl2FN5O. The van der Waals surface area contributed by atoms with Gasteiger partial charge >= 0.3 is 0 Å². The number of hydrogen-bond acceptors (Lipinski definition) is 5. The van der Waals surface area contributed by atoms with E-state index in [0.29, 0.717) is 46.3 Å². The number of likely N-dealkylation sites (tertiary alicyclic amines) is 1. The van der Waals surface area contributed by atoms with E-state index in [0.717, 1.165) is 51.4 Å². The van der Waals surface area contributed by atoms with Gasteiger partial charge in [0.2, 0.25) is 0 Å². The number of nitrogens with one attached hydrogen (secondary N) is 1. The summed E-state index contributed by atoms with van der Waals surface area (Å²) in [5.41, 5.74) is 1.18. The predicted molar refractivity (Wildman–Crippen MR) is 137 cm³/mol. The van der Waals surface area contributed by atoms with Crippen molar-refractivity contribution >= 4 is 34.9 Å². The number of nitrogens with zero attached hydrogens (tertiary/aromatic N) is 4. The average molecular weight is 510 g/mol. The number of benzene rings is 1. The van der Waals surface area contributed by atoms with Gasteiger partial charge in [0.1, 0.15) is 11.6 Å². The molecule has 0 spiro atoms. The molecule has 1 amide bonds. The number of rotatable bonds is 6. The number of anilines is 1. The summed E-state index contributed by atoms with van der Waals surface area (Å²) in [6.07, 6.45) is 3.74. The Morgan fingerprint density at radius 2 is 1.97 bits per heavy atom. The van der Waals surface area contributed by atoms with Crippen molar-refractivity contribution in [2.45, 2.75) is 45.3 Å². The molecule has 2 fully saturated rings. The normalized spacial score (nSPS) is 20.5. The third kappa shape index (κ3) is 5.82. The van der Waals surface area contributed by atoms with Gasteiger partial charge < -0.3 is 10.2 Å². The molecule has 4 rings (SSSR count). The summed E-state index contributed by atoms with van der Waals surface area (Å²) in [5.74, 6) is 0.346. The molecule has 0 saturated carbocycles. The van der Waals surface area contributed by atoms with Crippen molar-refractivity contribution < 1.29 is 10.6 Å². The fourth-order valence-corrected chi connectivity index (χ4v) is 5.50. The lowest BCUT2D eigenvalue weighted by molar-refractivity contribution is 0.0687. The largest absolute Gasteiger partial charge is 0.353 e. The first kappa shape index (κ1) is 25.2. The van der Waals surface area contributed by atoms with Crippen molar-refractivity contribution in [1.29, 1.82) is 0 Å². The van der Waals surface area contributed by atoms with Crippen LogP contribution in [0.3, 0.4) is 0 Å². The molecule has 1 N–H and O–H groups in total. The van der Waals surface area contributed by atoms with E-state index < -0.39 is 0 Å². The summed E-state index contributed by atoms with van der Waals surface area (Å²) in [5, 5.41) is 3.71. The molecule has 1 aromatic carbocycles. The minimum atomic E-state index is -0.231. The molecule has 0 unspecified atom stereocenters. The molecule has 0 aliphatic carbocycles. The Labute approximate surface area is 212 Å². The van der Waals surface area contributed by atoms with E-state index in [4.69, 9.17) is 23.2 Å². The van der Waals surface area contributed by atoms with Crippen LogP contribution in [0.25, 0.3) is 0 Å². The van der Waals surface area contributed by atoms with Gasteiger partial charge in [0.05, 0.1) is 10.6 Å². The fraction of sp³-hybridized carbons (Fsp3) is 0.520. The van der Waals surface area contributed by atoms with Gasteiger partial charge in [-0.05, 0) is 58.0 Å². The van der Waals surface area contributed by atoms with Crippen LogP contribution in [0.5, 0.6) is 0 Å². The molecule has 2 aliphatic heterocycles. The Morgan fingerprint density at radius 3 is 2.62 bits per heavy atom. The van der Waals surface area contributed by atoms with Crippen molar-refractivity contribution in [3.63, 3.8) is 0 Å². The lowest BCUT2D eigenvalue weighted by atomic mass is 9.99. The van der Waals surface area contributed by atoms with Gasteiger partial charge in [-0.2, -0.15) is 0 Å². The number of aromatic nitrogens is 1. The second-order valence-electron chi connectivity index (χ2n) is 9.16. The highest BCUT2D eigenvalue weighted by atomic mass is 35.5. The molecule has 9 heteroatoms. The summed E-state index contributed by atoms with van der Waals surface area (Å²) in [4.78, 5) is 23.7. The lowest BCUT2D eigenvalue weighted by Crippen LogP contribution is -2.57. The molecule has 0 bridgehead atoms. The maximum absolute atomic E-state index is 14.2. The molecule has 2 aromatic rings. The minimum Gasteiger partial charge on any atom is -0.353 e. The minimum absolute atomic E-state index is 0. The van der Waals surface area contributed by atoms with E-state index in [1.54, 1.807) is 24.4 Å². The van der Waals surface area contributed by atoms with E-state index in [2.05, 4.69) is 31.9 Å². The first-order valence-corrected chi connectivity index (χ1v) is 12.7. The van der Waals surface area contributed by atoms with Crippen molar-refractivity contribution in [2.75, 3.05) is 44.2 Å². The molecular weight excluding hydrogens is 476 g/mol. The Morgan fingerprint density at radius 1 is 1.21 bits per heavy atom. The second kappa shape index (κ2) is 11.2. The Bertz CT molecular complexity index is 1020. The summed E-state index contributed by atoms with van der Waals surface area (Å²) >= 11 is 12.4. The molecule has 1 aromatic heterocycles. The predicted octanol–water partition coefficient (Wildman–Crippen LogP) is 4.70. The zero-order chi connectivity index (χ0) is 24.2. The topological polar surface area (TPSA) is 51.7 Å². The smallest absolute Gasteiger partial charge is 0.252 e. The third-order valence-corrected chi connectivity index (χ3v) is 7.35. The van der Waals surface area contributed by atoms with Crippen LogP contribution in [0.4, 0.5) is 10.2 Å². The van der Waals surface area contributed by atoms with Crippen molar-refractivity contribution in [3.8, 4) is 0 Å². The van der Waals surface area contributed by atoms with Crippen LogP contribution in [0.1, 0.15) is 44.0 Å². The van der Waals surface area contributed by atoms with Crippen molar-refractivity contribution in [2.24, 2.45) is 0 Å². The number of carbonyl (C=O) groups is 1. The van der Waals surface area contributed by atoms with E-state index in [1.165, 1.54) is 6.07 Å². The first-order valence-electron chi connectivity index (χ1n) is 12.0. The Kier molecular flexibility index (Phi) is 8.30. The summed E-state index contributed by atoms with van der Waals surface area (Å²) < 4.78 is 14.2. The highest BCUT2D eigenvalue weighted by Crippen LogP contribution is 2.29. The average Bonchev–Trinajstić information content (AvgIpc) is 2.81. The van der Waals surface area contributed by atoms with Crippen LogP contribution in [-0.2, 0) is 6.54 Å². The van der Waals surface area contributed by atoms with Crippen LogP contribution in [0.15, 0.2) is 30.5 Å². The van der Waals surface area contributed by atoms with E-state index in [-0.39, 0.29) is 13.2 Å². The summed E-state index contributed by atoms with van der Waals surface area (Å²) in [6, 6.07) is 7.51. The zero-order valence-corrected chi connectivity index (χ0v) is 21.2. The molecule has 186 valence electrons. The number of hydrogen-bond donors (Lipinski definition) is 1. The van der Waals surface area contributed by atoms with Crippen LogP contribution >= 0.6 is 23.2 Å². The molecule has 0 radical (unpaired) electrons. The van der Waals surface area contributed by atoms with Gasteiger partial charge in [-0.3, -0.25) is 14.6 Å². The molecule has 1 atom stereocenters. The number of piperazine rings is 1. The molecule has 6 nitrogen and oxygen atoms in total. The Balaban J connectivity index is 0.00000342. The van der Waals surface area contributed by atoms with Crippen LogP contribution in [0, 0.1) is 5.82 Å². The maximum atomic E-state index is 14.2. The molecule has 3 heterocycles. The van der Waals surface area contributed by atoms with Crippen LogP contribution < -0.4 is 10.2 Å². The van der Waals surface area contributed by atoms with E-state index in [9.17, 15) is 9.18 Å². The van der Waals surface area contributed by atoms with Gasteiger partial charge in [0, 0.05) is 63.0 Å². The first-order chi connectivity index (χ1) is 16.4. The third-order valence-electron chi connectivity index (χ3n) is 6.83. The number of halogens is 3. The van der Waals surface area contributed by atoms with E-state index in [1.807, 2.05) is 6.92 Å². The van der Waals surface area contributed by atoms with Crippen molar-refractivity contribution in [3.05, 3.63) is 57.5 Å². The van der Waals surface area contributed by atoms with E-state index >= 15 is 0 Å². The standard InChI is InChI=1S/C25H32Cl2FN5O.H2/c1-3-29-25(34)19-12-22(27)24(30-14-19)32-10-11-33(17(2)15-32)21-6-8-31(9-7-21)16-18-4-5-20(26)13-23(18)28;/h4-5,12-14,17,21H,3,6-11,15-16H2,1-2H3,(H,29,34);1H/t17-;/m0./s1. The van der Waals surface area contributed by atoms with Gasteiger partial charge in [-0.15, -0.1) is 0 Å². The van der Waals surface area contributed by atoms with Gasteiger partial charge in [-0.1, -0.05) is 29.3 Å². The van der Waals surface area contributed by atoms with Gasteiger partial charge in [0.15, 0.2) is 0 Å². The molecule has 34 heavy (non-hydrogen) atoms. The number of amides is 1. The summed E-state index contributed by atoms with van der Waals surface area (Å²) in [6.45, 7) is 9.84. The highest BCUT2D eigenvalue weighted by molar-refractivity contribution is 6.33. The second-order valence-corrected chi connectivity index (χ2v) is 10.0. The van der Waals surface area contributed by atoms with Crippen LogP contribution in [-0.4, -0.2) is 72.0 Å². The fourth-order valence-electron chi connectivity index (χ4n) is 5.06. The summed E-state index contributed by atoms with van der Waals surface area (Å²) in [7, 11) is 0. The zero-order valence-electron chi connectivity index (χ0n) is 19.7. The SMILES string of the molecule is CCNC(=O)c1cnc(N2CCN(C3CCN(Cc4ccc(Cl)cc4F)CC3)[C@@H](C)C2)c(Cl)c1.[HH].